The van der Waals surface area contributed by atoms with E-state index in [1.165, 1.54) is 19.1 Å². The van der Waals surface area contributed by atoms with Crippen LogP contribution in [-0.4, -0.2) is 44.1 Å². The van der Waals surface area contributed by atoms with Crippen LogP contribution in [0.2, 0.25) is 0 Å². The van der Waals surface area contributed by atoms with E-state index < -0.39 is 17.7 Å². The van der Waals surface area contributed by atoms with Gasteiger partial charge in [0.15, 0.2) is 0 Å². The third-order valence-corrected chi connectivity index (χ3v) is 7.06. The second-order valence-corrected chi connectivity index (χ2v) is 9.36. The molecule has 3 aromatic rings. The maximum Gasteiger partial charge on any atom is 0.300 e. The van der Waals surface area contributed by atoms with E-state index in [4.69, 9.17) is 9.47 Å². The summed E-state index contributed by atoms with van der Waals surface area (Å²) in [6.07, 6.45) is 2.33. The van der Waals surface area contributed by atoms with Crippen molar-refractivity contribution < 1.29 is 24.2 Å². The number of benzene rings is 3. The Kier molecular flexibility index (Phi) is 6.61. The summed E-state index contributed by atoms with van der Waals surface area (Å²) in [4.78, 5) is 30.8. The number of aliphatic hydroxyl groups excluding tert-OH is 1. The molecule has 37 heavy (non-hydrogen) atoms. The average molecular weight is 499 g/mol. The molecule has 5 rings (SSSR count). The van der Waals surface area contributed by atoms with Crippen molar-refractivity contribution >= 4 is 28.8 Å². The average Bonchev–Trinajstić information content (AvgIpc) is 3.55. The van der Waals surface area contributed by atoms with Crippen molar-refractivity contribution in [3.63, 3.8) is 0 Å². The second kappa shape index (κ2) is 10.0. The van der Waals surface area contributed by atoms with Gasteiger partial charge in [0.05, 0.1) is 31.4 Å². The molecule has 0 saturated carbocycles. The van der Waals surface area contributed by atoms with Crippen LogP contribution in [0.5, 0.6) is 11.5 Å². The quantitative estimate of drug-likeness (QED) is 0.285. The fraction of sp³-hybridized carbons (Fsp3) is 0.267. The standard InChI is InChI=1S/C30H30N2O5/c1-19-7-6-8-20(17-19)27-26(28(33)24-18-23(36-2)13-14-25(24)37-3)29(34)30(35)32(27)22-11-9-21(10-12-22)31-15-4-5-16-31/h6-14,17-18,27,33H,4-5,15-16H2,1-3H3/b28-26+. The normalized spacial score (nSPS) is 18.9. The van der Waals surface area contributed by atoms with Gasteiger partial charge in [-0.1, -0.05) is 29.8 Å². The highest BCUT2D eigenvalue weighted by molar-refractivity contribution is 6.51. The van der Waals surface area contributed by atoms with E-state index >= 15 is 0 Å². The Balaban J connectivity index is 1.67. The van der Waals surface area contributed by atoms with Crippen molar-refractivity contribution in [2.75, 3.05) is 37.1 Å². The minimum Gasteiger partial charge on any atom is -0.507 e. The lowest BCUT2D eigenvalue weighted by atomic mass is 9.94. The maximum atomic E-state index is 13.5. The minimum absolute atomic E-state index is 0.00534. The van der Waals surface area contributed by atoms with Gasteiger partial charge in [0.1, 0.15) is 17.3 Å². The van der Waals surface area contributed by atoms with Gasteiger partial charge in [0, 0.05) is 24.5 Å². The van der Waals surface area contributed by atoms with Crippen molar-refractivity contribution in [1.29, 1.82) is 0 Å². The maximum absolute atomic E-state index is 13.5. The lowest BCUT2D eigenvalue weighted by Gasteiger charge is -2.26. The van der Waals surface area contributed by atoms with Crippen LogP contribution in [0.3, 0.4) is 0 Å². The highest BCUT2D eigenvalue weighted by Crippen LogP contribution is 2.44. The predicted molar refractivity (Wildman–Crippen MR) is 143 cm³/mol. The van der Waals surface area contributed by atoms with E-state index in [1.54, 1.807) is 18.2 Å². The largest absolute Gasteiger partial charge is 0.507 e. The number of hydrogen-bond acceptors (Lipinski definition) is 6. The van der Waals surface area contributed by atoms with Gasteiger partial charge in [-0.3, -0.25) is 14.5 Å². The van der Waals surface area contributed by atoms with E-state index in [2.05, 4.69) is 4.90 Å². The molecule has 7 nitrogen and oxygen atoms in total. The molecule has 3 aromatic carbocycles. The second-order valence-electron chi connectivity index (χ2n) is 9.36. The van der Waals surface area contributed by atoms with Crippen LogP contribution >= 0.6 is 0 Å². The summed E-state index contributed by atoms with van der Waals surface area (Å²) in [5, 5.41) is 11.5. The summed E-state index contributed by atoms with van der Waals surface area (Å²) in [5.74, 6) is -0.901. The number of anilines is 2. The molecule has 7 heteroatoms. The number of aliphatic hydroxyl groups is 1. The third-order valence-electron chi connectivity index (χ3n) is 7.06. The van der Waals surface area contributed by atoms with Crippen molar-refractivity contribution in [3.05, 3.63) is 89.0 Å². The number of rotatable bonds is 6. The molecule has 2 saturated heterocycles. The van der Waals surface area contributed by atoms with Gasteiger partial charge >= 0.3 is 0 Å². The van der Waals surface area contributed by atoms with Gasteiger partial charge in [-0.25, -0.2) is 0 Å². The Morgan fingerprint density at radius 2 is 1.59 bits per heavy atom. The van der Waals surface area contributed by atoms with Gasteiger partial charge in [-0.15, -0.1) is 0 Å². The molecule has 1 amide bonds. The van der Waals surface area contributed by atoms with Crippen molar-refractivity contribution in [1.82, 2.24) is 0 Å². The van der Waals surface area contributed by atoms with Gasteiger partial charge < -0.3 is 19.5 Å². The summed E-state index contributed by atoms with van der Waals surface area (Å²) < 4.78 is 10.8. The first-order valence-corrected chi connectivity index (χ1v) is 12.4. The van der Waals surface area contributed by atoms with Gasteiger partial charge in [-0.05, 0) is 67.8 Å². The zero-order chi connectivity index (χ0) is 26.1. The van der Waals surface area contributed by atoms with Crippen molar-refractivity contribution in [2.24, 2.45) is 0 Å². The molecule has 1 N–H and O–H groups in total. The van der Waals surface area contributed by atoms with Crippen LogP contribution in [-0.2, 0) is 9.59 Å². The van der Waals surface area contributed by atoms with E-state index in [0.717, 1.165) is 42.7 Å². The molecule has 0 spiro atoms. The van der Waals surface area contributed by atoms with Crippen LogP contribution in [0, 0.1) is 6.92 Å². The van der Waals surface area contributed by atoms with Gasteiger partial charge in [0.25, 0.3) is 11.7 Å². The highest BCUT2D eigenvalue weighted by atomic mass is 16.5. The van der Waals surface area contributed by atoms with Crippen LogP contribution < -0.4 is 19.3 Å². The zero-order valence-electron chi connectivity index (χ0n) is 21.2. The number of hydrogen-bond donors (Lipinski definition) is 1. The molecule has 0 bridgehead atoms. The van der Waals surface area contributed by atoms with Crippen LogP contribution in [0.15, 0.2) is 72.3 Å². The zero-order valence-corrected chi connectivity index (χ0v) is 21.2. The molecule has 0 aliphatic carbocycles. The number of Topliss-reactive ketones (excluding diaryl/α,β-unsaturated/α-hetero) is 1. The lowest BCUT2D eigenvalue weighted by molar-refractivity contribution is -0.132. The van der Waals surface area contributed by atoms with Crippen molar-refractivity contribution in [2.45, 2.75) is 25.8 Å². The van der Waals surface area contributed by atoms with Gasteiger partial charge in [-0.2, -0.15) is 0 Å². The Morgan fingerprint density at radius 3 is 2.24 bits per heavy atom. The lowest BCUT2D eigenvalue weighted by Crippen LogP contribution is -2.29. The molecule has 1 unspecified atom stereocenters. The molecule has 0 radical (unpaired) electrons. The highest BCUT2D eigenvalue weighted by Gasteiger charge is 2.47. The summed E-state index contributed by atoms with van der Waals surface area (Å²) in [5.41, 5.74) is 3.67. The number of carbonyl (C=O) groups is 2. The van der Waals surface area contributed by atoms with Crippen LogP contribution in [0.4, 0.5) is 11.4 Å². The first kappa shape index (κ1) is 24.4. The Hall–Kier alpha value is -4.26. The number of carbonyl (C=O) groups excluding carboxylic acids is 2. The number of ketones is 1. The topological polar surface area (TPSA) is 79.3 Å². The number of methoxy groups -OCH3 is 2. The molecule has 1 atom stereocenters. The van der Waals surface area contributed by atoms with E-state index in [9.17, 15) is 14.7 Å². The minimum atomic E-state index is -0.812. The Labute approximate surface area is 216 Å². The third kappa shape index (κ3) is 4.42. The summed E-state index contributed by atoms with van der Waals surface area (Å²) >= 11 is 0. The van der Waals surface area contributed by atoms with Crippen LogP contribution in [0.25, 0.3) is 5.76 Å². The SMILES string of the molecule is COc1ccc(OC)c(/C(O)=C2\C(=O)C(=O)N(c3ccc(N4CCCC4)cc3)C2c2cccc(C)c2)c1. The fourth-order valence-electron chi connectivity index (χ4n) is 5.20. The monoisotopic (exact) mass is 498 g/mol. The molecule has 2 aliphatic heterocycles. The van der Waals surface area contributed by atoms with E-state index in [0.29, 0.717) is 17.2 Å². The number of aryl methyl sites for hydroxylation is 1. The first-order chi connectivity index (χ1) is 17.9. The Morgan fingerprint density at radius 1 is 0.892 bits per heavy atom. The van der Waals surface area contributed by atoms with Crippen LogP contribution in [0.1, 0.15) is 35.6 Å². The molecule has 2 aliphatic rings. The molecular formula is C30H30N2O5. The van der Waals surface area contributed by atoms with Gasteiger partial charge in [0.2, 0.25) is 0 Å². The fourth-order valence-corrected chi connectivity index (χ4v) is 5.20. The number of ether oxygens (including phenoxy) is 2. The smallest absolute Gasteiger partial charge is 0.300 e. The molecule has 0 aromatic heterocycles. The number of nitrogens with zero attached hydrogens (tertiary/aromatic N) is 2. The van der Waals surface area contributed by atoms with E-state index in [1.807, 2.05) is 55.5 Å². The Bertz CT molecular complexity index is 1370. The summed E-state index contributed by atoms with van der Waals surface area (Å²) in [6, 6.07) is 19.5. The van der Waals surface area contributed by atoms with Crippen molar-refractivity contribution in [3.8, 4) is 11.5 Å². The molecule has 2 fully saturated rings. The summed E-state index contributed by atoms with van der Waals surface area (Å²) in [6.45, 7) is 3.97. The van der Waals surface area contributed by atoms with E-state index in [-0.39, 0.29) is 16.9 Å². The predicted octanol–water partition coefficient (Wildman–Crippen LogP) is 5.24. The molecular weight excluding hydrogens is 468 g/mol. The summed E-state index contributed by atoms with van der Waals surface area (Å²) in [7, 11) is 3.00. The number of amides is 1. The first-order valence-electron chi connectivity index (χ1n) is 12.4. The molecule has 2 heterocycles. The molecule has 190 valence electrons.